The van der Waals surface area contributed by atoms with Crippen LogP contribution in [0, 0.1) is 5.82 Å². The van der Waals surface area contributed by atoms with Crippen molar-refractivity contribution >= 4 is 29.5 Å². The first kappa shape index (κ1) is 23.3. The van der Waals surface area contributed by atoms with Gasteiger partial charge in [-0.2, -0.15) is 0 Å². The summed E-state index contributed by atoms with van der Waals surface area (Å²) in [6, 6.07) is 9.09. The minimum absolute atomic E-state index is 0.0766. The smallest absolute Gasteiger partial charge is 0.255 e. The van der Waals surface area contributed by atoms with Crippen LogP contribution in [0.1, 0.15) is 15.9 Å². The number of benzene rings is 2. The molecule has 2 aromatic rings. The van der Waals surface area contributed by atoms with Crippen molar-refractivity contribution in [2.45, 2.75) is 0 Å². The molecule has 0 aromatic heterocycles. The molecule has 168 valence electrons. The second-order valence-corrected chi connectivity index (χ2v) is 7.49. The summed E-state index contributed by atoms with van der Waals surface area (Å²) in [6.45, 7) is 5.51. The number of ether oxygens (including phenoxy) is 2. The van der Waals surface area contributed by atoms with Crippen LogP contribution >= 0.6 is 11.6 Å². The molecule has 2 aromatic carbocycles. The number of nitrogens with zero attached hydrogens (tertiary/aromatic N) is 2. The number of amides is 2. The van der Waals surface area contributed by atoms with Crippen LogP contribution in [0.2, 0.25) is 5.02 Å². The molecule has 0 N–H and O–H groups in total. The number of hydrogen-bond donors (Lipinski definition) is 0. The lowest BCUT2D eigenvalue weighted by atomic mass is 10.1. The van der Waals surface area contributed by atoms with Crippen LogP contribution in [0.5, 0.6) is 11.5 Å². The molecule has 1 aliphatic rings. The lowest BCUT2D eigenvalue weighted by molar-refractivity contribution is -0.127. The third-order valence-corrected chi connectivity index (χ3v) is 5.32. The average molecular weight is 459 g/mol. The number of piperazine rings is 1. The van der Waals surface area contributed by atoms with Gasteiger partial charge in [0.1, 0.15) is 12.4 Å². The van der Waals surface area contributed by atoms with Crippen LogP contribution < -0.4 is 9.47 Å². The van der Waals surface area contributed by atoms with Crippen molar-refractivity contribution in [3.8, 4) is 11.5 Å². The monoisotopic (exact) mass is 458 g/mol. The zero-order valence-electron chi connectivity index (χ0n) is 17.7. The fourth-order valence-corrected chi connectivity index (χ4v) is 3.54. The highest BCUT2D eigenvalue weighted by Crippen LogP contribution is 2.28. The standard InChI is InChI=1S/C24H24ClFN2O4/c1-3-14-32-21-8-4-17(15-22(21)31-2)5-9-23(29)27-10-12-28(13-11-27)24(30)19-7-6-18(26)16-20(19)25/h3-9,15-16H,1,10-14H2,2H3/b9-5+. The van der Waals surface area contributed by atoms with E-state index in [1.165, 1.54) is 18.2 Å². The first-order valence-corrected chi connectivity index (χ1v) is 10.4. The van der Waals surface area contributed by atoms with Crippen molar-refractivity contribution in [1.29, 1.82) is 0 Å². The Morgan fingerprint density at radius 2 is 1.81 bits per heavy atom. The van der Waals surface area contributed by atoms with Crippen LogP contribution in [-0.2, 0) is 4.79 Å². The normalized spacial score (nSPS) is 13.8. The van der Waals surface area contributed by atoms with Gasteiger partial charge in [-0.3, -0.25) is 9.59 Å². The van der Waals surface area contributed by atoms with Gasteiger partial charge in [-0.05, 0) is 42.0 Å². The van der Waals surface area contributed by atoms with Crippen molar-refractivity contribution in [2.75, 3.05) is 39.9 Å². The molecular weight excluding hydrogens is 435 g/mol. The van der Waals surface area contributed by atoms with E-state index in [0.717, 1.165) is 11.6 Å². The summed E-state index contributed by atoms with van der Waals surface area (Å²) in [6.07, 6.45) is 4.85. The van der Waals surface area contributed by atoms with Gasteiger partial charge in [-0.1, -0.05) is 30.3 Å². The van der Waals surface area contributed by atoms with Crippen molar-refractivity contribution in [1.82, 2.24) is 9.80 Å². The van der Waals surface area contributed by atoms with Gasteiger partial charge in [0.25, 0.3) is 5.91 Å². The SMILES string of the molecule is C=CCOc1ccc(/C=C/C(=O)N2CCN(C(=O)c3ccc(F)cc3Cl)CC2)cc1OC. The summed E-state index contributed by atoms with van der Waals surface area (Å²) in [5.41, 5.74) is 1.04. The highest BCUT2D eigenvalue weighted by atomic mass is 35.5. The lowest BCUT2D eigenvalue weighted by Crippen LogP contribution is -2.50. The van der Waals surface area contributed by atoms with Gasteiger partial charge in [0.2, 0.25) is 5.91 Å². The number of rotatable bonds is 7. The second-order valence-electron chi connectivity index (χ2n) is 7.08. The highest BCUT2D eigenvalue weighted by molar-refractivity contribution is 6.33. The maximum atomic E-state index is 13.2. The van der Waals surface area contributed by atoms with Crippen LogP contribution in [-0.4, -0.2) is 61.5 Å². The highest BCUT2D eigenvalue weighted by Gasteiger charge is 2.25. The molecule has 0 spiro atoms. The predicted molar refractivity (Wildman–Crippen MR) is 122 cm³/mol. The Balaban J connectivity index is 1.58. The van der Waals surface area contributed by atoms with Crippen molar-refractivity contribution in [3.05, 3.63) is 77.1 Å². The van der Waals surface area contributed by atoms with Gasteiger partial charge in [-0.15, -0.1) is 0 Å². The van der Waals surface area contributed by atoms with E-state index in [9.17, 15) is 14.0 Å². The van der Waals surface area contributed by atoms with Crippen LogP contribution in [0.15, 0.2) is 55.1 Å². The van der Waals surface area contributed by atoms with Crippen LogP contribution in [0.3, 0.4) is 0 Å². The summed E-state index contributed by atoms with van der Waals surface area (Å²) < 4.78 is 24.1. The second kappa shape index (κ2) is 10.8. The molecule has 0 atom stereocenters. The van der Waals surface area contributed by atoms with Crippen molar-refractivity contribution in [3.63, 3.8) is 0 Å². The minimum Gasteiger partial charge on any atom is -0.493 e. The maximum absolute atomic E-state index is 13.2. The van der Waals surface area contributed by atoms with Crippen LogP contribution in [0.25, 0.3) is 6.08 Å². The molecule has 8 heteroatoms. The van der Waals surface area contributed by atoms with E-state index < -0.39 is 5.82 Å². The van der Waals surface area contributed by atoms with Crippen molar-refractivity contribution < 1.29 is 23.5 Å². The molecule has 0 bridgehead atoms. The first-order chi connectivity index (χ1) is 15.4. The molecular formula is C24H24ClFN2O4. The van der Waals surface area contributed by atoms with Gasteiger partial charge in [0.05, 0.1) is 17.7 Å². The van der Waals surface area contributed by atoms with Gasteiger partial charge in [-0.25, -0.2) is 4.39 Å². The molecule has 3 rings (SSSR count). The molecule has 6 nitrogen and oxygen atoms in total. The Labute approximate surface area is 191 Å². The van der Waals surface area contributed by atoms with Gasteiger partial charge in [0.15, 0.2) is 11.5 Å². The fourth-order valence-electron chi connectivity index (χ4n) is 3.29. The van der Waals surface area contributed by atoms with Crippen LogP contribution in [0.4, 0.5) is 4.39 Å². The largest absolute Gasteiger partial charge is 0.493 e. The predicted octanol–water partition coefficient (Wildman–Crippen LogP) is 4.05. The number of carbonyl (C=O) groups is 2. The number of methoxy groups -OCH3 is 1. The van der Waals surface area contributed by atoms with Gasteiger partial charge >= 0.3 is 0 Å². The molecule has 1 fully saturated rings. The summed E-state index contributed by atoms with van der Waals surface area (Å²) in [5.74, 6) is 0.239. The third kappa shape index (κ3) is 5.68. The van der Waals surface area contributed by atoms with E-state index in [4.69, 9.17) is 21.1 Å². The van der Waals surface area contributed by atoms with E-state index in [2.05, 4.69) is 6.58 Å². The van der Waals surface area contributed by atoms with E-state index in [0.29, 0.717) is 44.3 Å². The minimum atomic E-state index is -0.495. The molecule has 1 aliphatic heterocycles. The number of hydrogen-bond acceptors (Lipinski definition) is 4. The van der Waals surface area contributed by atoms with E-state index in [1.807, 2.05) is 6.07 Å². The summed E-state index contributed by atoms with van der Waals surface area (Å²) in [5, 5.41) is 0.0766. The fraction of sp³-hybridized carbons (Fsp3) is 0.250. The Hall–Kier alpha value is -3.32. The zero-order chi connectivity index (χ0) is 23.1. The quantitative estimate of drug-likeness (QED) is 0.464. The molecule has 2 amide bonds. The Kier molecular flexibility index (Phi) is 7.89. The molecule has 0 radical (unpaired) electrons. The third-order valence-electron chi connectivity index (χ3n) is 5.00. The number of halogens is 2. The number of carbonyl (C=O) groups excluding carboxylic acids is 2. The van der Waals surface area contributed by atoms with E-state index >= 15 is 0 Å². The summed E-state index contributed by atoms with van der Waals surface area (Å²) in [4.78, 5) is 28.5. The average Bonchev–Trinajstić information content (AvgIpc) is 2.81. The maximum Gasteiger partial charge on any atom is 0.255 e. The Bertz CT molecular complexity index is 1030. The van der Waals surface area contributed by atoms with Crippen molar-refractivity contribution in [2.24, 2.45) is 0 Å². The van der Waals surface area contributed by atoms with E-state index in [-0.39, 0.29) is 22.4 Å². The Morgan fingerprint density at radius 1 is 1.09 bits per heavy atom. The summed E-state index contributed by atoms with van der Waals surface area (Å²) >= 11 is 6.00. The van der Waals surface area contributed by atoms with Gasteiger partial charge in [0, 0.05) is 32.3 Å². The Morgan fingerprint density at radius 3 is 2.47 bits per heavy atom. The molecule has 0 aliphatic carbocycles. The first-order valence-electron chi connectivity index (χ1n) is 10.1. The lowest BCUT2D eigenvalue weighted by Gasteiger charge is -2.34. The molecule has 0 unspecified atom stereocenters. The summed E-state index contributed by atoms with van der Waals surface area (Å²) in [7, 11) is 1.55. The molecule has 1 saturated heterocycles. The topological polar surface area (TPSA) is 59.1 Å². The molecule has 32 heavy (non-hydrogen) atoms. The molecule has 0 saturated carbocycles. The van der Waals surface area contributed by atoms with E-state index in [1.54, 1.807) is 41.2 Å². The molecule has 1 heterocycles. The van der Waals surface area contributed by atoms with Gasteiger partial charge < -0.3 is 19.3 Å². The zero-order valence-corrected chi connectivity index (χ0v) is 18.5.